The van der Waals surface area contributed by atoms with E-state index in [1.807, 2.05) is 0 Å². The molecule has 0 aromatic rings. The largest absolute Gasteiger partial charge is 0.102 e. The summed E-state index contributed by atoms with van der Waals surface area (Å²) in [4.78, 5) is 0. The maximum absolute atomic E-state index is 4.00. The molecule has 0 radical (unpaired) electrons. The highest BCUT2D eigenvalue weighted by Crippen LogP contribution is 2.64. The first-order valence-electron chi connectivity index (χ1n) is 5.56. The van der Waals surface area contributed by atoms with Gasteiger partial charge in [-0.05, 0) is 31.1 Å². The van der Waals surface area contributed by atoms with E-state index in [1.165, 1.54) is 44.9 Å². The molecule has 2 aliphatic carbocycles. The number of rotatable bonds is 2. The summed E-state index contributed by atoms with van der Waals surface area (Å²) in [6.45, 7) is 8.01. The minimum atomic E-state index is 0.299. The van der Waals surface area contributed by atoms with Gasteiger partial charge in [0.15, 0.2) is 0 Å². The summed E-state index contributed by atoms with van der Waals surface area (Å²) in [6, 6.07) is 0. The molecule has 2 saturated carbocycles. The van der Waals surface area contributed by atoms with Crippen LogP contribution in [-0.2, 0) is 0 Å². The third-order valence-electron chi connectivity index (χ3n) is 4.54. The molecule has 1 spiro atoms. The molecule has 2 aliphatic rings. The van der Waals surface area contributed by atoms with Crippen LogP contribution in [0, 0.1) is 10.8 Å². The Morgan fingerprint density at radius 2 is 1.38 bits per heavy atom. The summed E-state index contributed by atoms with van der Waals surface area (Å²) in [5, 5.41) is 0. The highest BCUT2D eigenvalue weighted by molar-refractivity contribution is 5.22. The van der Waals surface area contributed by atoms with Crippen LogP contribution < -0.4 is 0 Å². The van der Waals surface area contributed by atoms with Crippen LogP contribution in [0.25, 0.3) is 0 Å². The van der Waals surface area contributed by atoms with Crippen LogP contribution in [-0.4, -0.2) is 0 Å². The summed E-state index contributed by atoms with van der Waals surface area (Å²) in [5.41, 5.74) is 0.877. The number of hydrogen-bond donors (Lipinski definition) is 0. The Morgan fingerprint density at radius 3 is 1.77 bits per heavy atom. The molecule has 0 atom stereocenters. The lowest BCUT2D eigenvalue weighted by atomic mass is 9.45. The zero-order valence-electron chi connectivity index (χ0n) is 8.52. The summed E-state index contributed by atoms with van der Waals surface area (Å²) < 4.78 is 0. The first-order valence-corrected chi connectivity index (χ1v) is 5.56. The van der Waals surface area contributed by atoms with Crippen LogP contribution in [0.15, 0.2) is 25.3 Å². The second-order valence-corrected chi connectivity index (χ2v) is 4.79. The van der Waals surface area contributed by atoms with Crippen molar-refractivity contribution < 1.29 is 0 Å². The van der Waals surface area contributed by atoms with Gasteiger partial charge in [0, 0.05) is 5.41 Å². The van der Waals surface area contributed by atoms with Crippen molar-refractivity contribution in [2.24, 2.45) is 10.8 Å². The van der Waals surface area contributed by atoms with E-state index in [4.69, 9.17) is 0 Å². The van der Waals surface area contributed by atoms with Gasteiger partial charge in [0.1, 0.15) is 0 Å². The van der Waals surface area contributed by atoms with Gasteiger partial charge < -0.3 is 0 Å². The maximum atomic E-state index is 4.00. The van der Waals surface area contributed by atoms with Crippen LogP contribution in [0.2, 0.25) is 0 Å². The Bertz CT molecular complexity index is 210. The molecule has 0 aliphatic heterocycles. The first-order chi connectivity index (χ1) is 6.29. The van der Waals surface area contributed by atoms with E-state index >= 15 is 0 Å². The average Bonchev–Trinajstić information content (AvgIpc) is 2.20. The molecule has 0 saturated heterocycles. The van der Waals surface area contributed by atoms with E-state index < -0.39 is 0 Å². The minimum absolute atomic E-state index is 0.299. The molecule has 0 aromatic heterocycles. The summed E-state index contributed by atoms with van der Waals surface area (Å²) >= 11 is 0. The lowest BCUT2D eigenvalue weighted by Gasteiger charge is -2.59. The van der Waals surface area contributed by atoms with E-state index in [0.717, 1.165) is 0 Å². The van der Waals surface area contributed by atoms with Gasteiger partial charge in [-0.2, -0.15) is 0 Å². The standard InChI is InChI=1S/C13H20/c1-3-12(4-2)10-11-13(12)8-6-5-7-9-13/h3-4H,1-2,5-11H2. The predicted molar refractivity (Wildman–Crippen MR) is 57.6 cm³/mol. The Balaban J connectivity index is 2.22. The first kappa shape index (κ1) is 9.05. The number of allylic oxidation sites excluding steroid dienone is 2. The smallest absolute Gasteiger partial charge is 0.0112 e. The van der Waals surface area contributed by atoms with Crippen LogP contribution in [0.3, 0.4) is 0 Å². The fourth-order valence-corrected chi connectivity index (χ4v) is 3.43. The van der Waals surface area contributed by atoms with Gasteiger partial charge in [0.25, 0.3) is 0 Å². The molecule has 0 N–H and O–H groups in total. The Labute approximate surface area is 81.7 Å². The maximum Gasteiger partial charge on any atom is 0.0112 e. The van der Waals surface area contributed by atoms with Gasteiger partial charge in [-0.1, -0.05) is 31.4 Å². The third kappa shape index (κ3) is 1.04. The molecule has 0 unspecified atom stereocenters. The van der Waals surface area contributed by atoms with Gasteiger partial charge >= 0.3 is 0 Å². The molecule has 0 nitrogen and oxygen atoms in total. The second-order valence-electron chi connectivity index (χ2n) is 4.79. The van der Waals surface area contributed by atoms with Crippen LogP contribution in [0.4, 0.5) is 0 Å². The fraction of sp³-hybridized carbons (Fsp3) is 0.692. The molecule has 2 fully saturated rings. The molecule has 0 bridgehead atoms. The van der Waals surface area contributed by atoms with E-state index in [9.17, 15) is 0 Å². The Hall–Kier alpha value is -0.520. The normalized spacial score (nSPS) is 29.2. The lowest BCUT2D eigenvalue weighted by Crippen LogP contribution is -2.49. The van der Waals surface area contributed by atoms with Crippen molar-refractivity contribution in [2.45, 2.75) is 44.9 Å². The molecule has 72 valence electrons. The quantitative estimate of drug-likeness (QED) is 0.556. The molecular weight excluding hydrogens is 156 g/mol. The number of hydrogen-bond acceptors (Lipinski definition) is 0. The van der Waals surface area contributed by atoms with Crippen LogP contribution in [0.1, 0.15) is 44.9 Å². The highest BCUT2D eigenvalue weighted by Gasteiger charge is 2.54. The van der Waals surface area contributed by atoms with Crippen molar-refractivity contribution in [3.8, 4) is 0 Å². The van der Waals surface area contributed by atoms with Crippen molar-refractivity contribution in [1.29, 1.82) is 0 Å². The third-order valence-corrected chi connectivity index (χ3v) is 4.54. The Morgan fingerprint density at radius 1 is 0.769 bits per heavy atom. The SMILES string of the molecule is C=CC1(C=C)CCC12CCCCC2. The zero-order valence-corrected chi connectivity index (χ0v) is 8.52. The van der Waals surface area contributed by atoms with E-state index in [0.29, 0.717) is 10.8 Å². The summed E-state index contributed by atoms with van der Waals surface area (Å²) in [7, 11) is 0. The van der Waals surface area contributed by atoms with Crippen molar-refractivity contribution in [2.75, 3.05) is 0 Å². The average molecular weight is 176 g/mol. The van der Waals surface area contributed by atoms with Gasteiger partial charge in [-0.25, -0.2) is 0 Å². The van der Waals surface area contributed by atoms with E-state index in [1.54, 1.807) is 0 Å². The predicted octanol–water partition coefficient (Wildman–Crippen LogP) is 4.09. The van der Waals surface area contributed by atoms with Crippen molar-refractivity contribution in [3.63, 3.8) is 0 Å². The molecule has 2 rings (SSSR count). The zero-order chi connectivity index (χ0) is 9.36. The summed E-state index contributed by atoms with van der Waals surface area (Å²) in [6.07, 6.45) is 14.1. The molecule has 13 heavy (non-hydrogen) atoms. The molecule has 0 heterocycles. The monoisotopic (exact) mass is 176 g/mol. The topological polar surface area (TPSA) is 0 Å². The van der Waals surface area contributed by atoms with Crippen LogP contribution >= 0.6 is 0 Å². The van der Waals surface area contributed by atoms with Crippen LogP contribution in [0.5, 0.6) is 0 Å². The molecule has 0 aromatic carbocycles. The minimum Gasteiger partial charge on any atom is -0.102 e. The van der Waals surface area contributed by atoms with E-state index in [-0.39, 0.29) is 0 Å². The van der Waals surface area contributed by atoms with Gasteiger partial charge in [-0.15, -0.1) is 13.2 Å². The van der Waals surface area contributed by atoms with Crippen molar-refractivity contribution in [3.05, 3.63) is 25.3 Å². The molecule has 0 amide bonds. The fourth-order valence-electron chi connectivity index (χ4n) is 3.43. The van der Waals surface area contributed by atoms with Crippen molar-refractivity contribution in [1.82, 2.24) is 0 Å². The van der Waals surface area contributed by atoms with Gasteiger partial charge in [-0.3, -0.25) is 0 Å². The van der Waals surface area contributed by atoms with E-state index in [2.05, 4.69) is 25.3 Å². The second kappa shape index (κ2) is 3.01. The Kier molecular flexibility index (Phi) is 2.09. The summed E-state index contributed by atoms with van der Waals surface area (Å²) in [5.74, 6) is 0. The highest BCUT2D eigenvalue weighted by atomic mass is 14.6. The molecular formula is C13H20. The molecule has 0 heteroatoms. The van der Waals surface area contributed by atoms with Crippen molar-refractivity contribution >= 4 is 0 Å². The van der Waals surface area contributed by atoms with Gasteiger partial charge in [0.05, 0.1) is 0 Å². The van der Waals surface area contributed by atoms with Gasteiger partial charge in [0.2, 0.25) is 0 Å². The lowest BCUT2D eigenvalue weighted by molar-refractivity contribution is -0.0353.